The van der Waals surface area contributed by atoms with Crippen molar-refractivity contribution >= 4 is 12.0 Å². The molecule has 0 unspecified atom stereocenters. The number of amides is 2. The van der Waals surface area contributed by atoms with Gasteiger partial charge in [-0.1, -0.05) is 0 Å². The summed E-state index contributed by atoms with van der Waals surface area (Å²) in [6, 6.07) is 1.72. The van der Waals surface area contributed by atoms with Crippen molar-refractivity contribution < 1.29 is 18.7 Å². The van der Waals surface area contributed by atoms with Crippen LogP contribution < -0.4 is 0 Å². The fourth-order valence-electron chi connectivity index (χ4n) is 2.01. The Kier molecular flexibility index (Phi) is 4.09. The third-order valence-electron chi connectivity index (χ3n) is 3.03. The molecule has 2 rings (SSSR count). The molecular weight excluding hydrogens is 248 g/mol. The number of carbonyl (C=O) groups is 2. The van der Waals surface area contributed by atoms with Crippen LogP contribution in [0.3, 0.4) is 0 Å². The lowest BCUT2D eigenvalue weighted by molar-refractivity contribution is 0.0546. The Labute approximate surface area is 111 Å². The Balaban J connectivity index is 1.89. The van der Waals surface area contributed by atoms with Crippen molar-refractivity contribution in [1.82, 2.24) is 9.80 Å². The number of ether oxygens (including phenoxy) is 1. The average Bonchev–Trinajstić information content (AvgIpc) is 2.85. The van der Waals surface area contributed by atoms with Gasteiger partial charge in [-0.3, -0.25) is 4.79 Å². The molecule has 6 heteroatoms. The minimum Gasteiger partial charge on any atom is -0.459 e. The molecule has 0 N–H and O–H groups in total. The normalized spacial score (nSPS) is 15.5. The van der Waals surface area contributed by atoms with E-state index in [0.29, 0.717) is 38.5 Å². The molecule has 0 bridgehead atoms. The van der Waals surface area contributed by atoms with Gasteiger partial charge in [0, 0.05) is 26.2 Å². The van der Waals surface area contributed by atoms with Crippen LogP contribution in [0.1, 0.15) is 23.0 Å². The van der Waals surface area contributed by atoms with E-state index in [0.717, 1.165) is 5.56 Å². The molecule has 1 saturated heterocycles. The zero-order valence-electron chi connectivity index (χ0n) is 11.2. The summed E-state index contributed by atoms with van der Waals surface area (Å²) in [5.41, 5.74) is 0.925. The Morgan fingerprint density at radius 2 is 1.89 bits per heavy atom. The number of rotatable bonds is 2. The lowest BCUT2D eigenvalue weighted by atomic mass is 10.2. The van der Waals surface area contributed by atoms with Crippen LogP contribution in [0.5, 0.6) is 0 Å². The van der Waals surface area contributed by atoms with Crippen LogP contribution in [-0.4, -0.2) is 54.6 Å². The van der Waals surface area contributed by atoms with E-state index in [1.807, 2.05) is 6.92 Å². The molecule has 0 radical (unpaired) electrons. The minimum atomic E-state index is -0.316. The van der Waals surface area contributed by atoms with E-state index in [1.165, 1.54) is 0 Å². The standard InChI is InChI=1S/C13H18N2O4/c1-3-18-13(17)15-6-4-14(5-7-15)12(16)11-8-10(2)9-19-11/h8-9H,3-7H2,1-2H3. The minimum absolute atomic E-state index is 0.128. The summed E-state index contributed by atoms with van der Waals surface area (Å²) in [4.78, 5) is 26.9. The predicted molar refractivity (Wildman–Crippen MR) is 67.9 cm³/mol. The summed E-state index contributed by atoms with van der Waals surface area (Å²) in [7, 11) is 0. The summed E-state index contributed by atoms with van der Waals surface area (Å²) < 4.78 is 10.1. The molecule has 104 valence electrons. The van der Waals surface area contributed by atoms with Gasteiger partial charge >= 0.3 is 6.09 Å². The summed E-state index contributed by atoms with van der Waals surface area (Å²) in [5.74, 6) is 0.221. The van der Waals surface area contributed by atoms with Crippen LogP contribution in [0.15, 0.2) is 16.7 Å². The number of furan rings is 1. The van der Waals surface area contributed by atoms with E-state index < -0.39 is 0 Å². The largest absolute Gasteiger partial charge is 0.459 e. The molecule has 1 aromatic heterocycles. The first-order chi connectivity index (χ1) is 9.11. The third-order valence-corrected chi connectivity index (χ3v) is 3.03. The fourth-order valence-corrected chi connectivity index (χ4v) is 2.01. The third kappa shape index (κ3) is 3.07. The van der Waals surface area contributed by atoms with E-state index in [9.17, 15) is 9.59 Å². The first-order valence-electron chi connectivity index (χ1n) is 6.38. The van der Waals surface area contributed by atoms with Gasteiger partial charge in [0.2, 0.25) is 0 Å². The second-order valence-corrected chi connectivity index (χ2v) is 4.47. The van der Waals surface area contributed by atoms with Gasteiger partial charge in [-0.2, -0.15) is 0 Å². The summed E-state index contributed by atoms with van der Waals surface area (Å²) >= 11 is 0. The van der Waals surface area contributed by atoms with E-state index in [2.05, 4.69) is 0 Å². The van der Waals surface area contributed by atoms with E-state index in [1.54, 1.807) is 29.1 Å². The average molecular weight is 266 g/mol. The van der Waals surface area contributed by atoms with Gasteiger partial charge in [-0.05, 0) is 25.5 Å². The number of aryl methyl sites for hydroxylation is 1. The van der Waals surface area contributed by atoms with Gasteiger partial charge in [0.05, 0.1) is 12.9 Å². The molecule has 6 nitrogen and oxygen atoms in total. The van der Waals surface area contributed by atoms with Crippen LogP contribution in [-0.2, 0) is 4.74 Å². The van der Waals surface area contributed by atoms with Crippen LogP contribution >= 0.6 is 0 Å². The summed E-state index contributed by atoms with van der Waals surface area (Å²) in [6.45, 7) is 5.99. The number of carbonyl (C=O) groups excluding carboxylic acids is 2. The molecule has 0 saturated carbocycles. The molecule has 0 aromatic carbocycles. The lowest BCUT2D eigenvalue weighted by Gasteiger charge is -2.33. The van der Waals surface area contributed by atoms with Crippen LogP contribution in [0.4, 0.5) is 4.79 Å². The molecule has 19 heavy (non-hydrogen) atoms. The summed E-state index contributed by atoms with van der Waals surface area (Å²) in [6.07, 6.45) is 1.24. The number of hydrogen-bond donors (Lipinski definition) is 0. The molecule has 1 aliphatic rings. The van der Waals surface area contributed by atoms with Crippen LogP contribution in [0, 0.1) is 6.92 Å². The quantitative estimate of drug-likeness (QED) is 0.813. The molecule has 2 amide bonds. The van der Waals surface area contributed by atoms with Crippen molar-refractivity contribution in [3.8, 4) is 0 Å². The van der Waals surface area contributed by atoms with Crippen molar-refractivity contribution in [1.29, 1.82) is 0 Å². The molecular formula is C13H18N2O4. The Morgan fingerprint density at radius 1 is 1.26 bits per heavy atom. The van der Waals surface area contributed by atoms with Crippen molar-refractivity contribution in [2.45, 2.75) is 13.8 Å². The van der Waals surface area contributed by atoms with Crippen molar-refractivity contribution in [2.75, 3.05) is 32.8 Å². The molecule has 0 aliphatic carbocycles. The Morgan fingerprint density at radius 3 is 2.42 bits per heavy atom. The smallest absolute Gasteiger partial charge is 0.409 e. The molecule has 1 aliphatic heterocycles. The number of piperazine rings is 1. The van der Waals surface area contributed by atoms with Gasteiger partial charge in [0.15, 0.2) is 5.76 Å². The number of hydrogen-bond acceptors (Lipinski definition) is 4. The zero-order valence-corrected chi connectivity index (χ0v) is 11.2. The van der Waals surface area contributed by atoms with Gasteiger partial charge in [-0.25, -0.2) is 4.79 Å². The summed E-state index contributed by atoms with van der Waals surface area (Å²) in [5, 5.41) is 0. The maximum absolute atomic E-state index is 12.1. The van der Waals surface area contributed by atoms with Gasteiger partial charge < -0.3 is 19.0 Å². The van der Waals surface area contributed by atoms with Crippen LogP contribution in [0.25, 0.3) is 0 Å². The van der Waals surface area contributed by atoms with Gasteiger partial charge in [0.1, 0.15) is 0 Å². The molecule has 1 fully saturated rings. The van der Waals surface area contributed by atoms with E-state index >= 15 is 0 Å². The van der Waals surface area contributed by atoms with E-state index in [-0.39, 0.29) is 12.0 Å². The highest BCUT2D eigenvalue weighted by molar-refractivity contribution is 5.91. The van der Waals surface area contributed by atoms with Crippen molar-refractivity contribution in [3.05, 3.63) is 23.7 Å². The highest BCUT2D eigenvalue weighted by Gasteiger charge is 2.26. The predicted octanol–water partition coefficient (Wildman–Crippen LogP) is 1.50. The van der Waals surface area contributed by atoms with Gasteiger partial charge in [-0.15, -0.1) is 0 Å². The lowest BCUT2D eigenvalue weighted by Crippen LogP contribution is -2.50. The van der Waals surface area contributed by atoms with Crippen molar-refractivity contribution in [2.24, 2.45) is 0 Å². The first-order valence-corrected chi connectivity index (χ1v) is 6.38. The topological polar surface area (TPSA) is 63.0 Å². The van der Waals surface area contributed by atoms with Crippen molar-refractivity contribution in [3.63, 3.8) is 0 Å². The molecule has 0 spiro atoms. The number of nitrogens with zero attached hydrogens (tertiary/aromatic N) is 2. The van der Waals surface area contributed by atoms with E-state index in [4.69, 9.17) is 9.15 Å². The first kappa shape index (κ1) is 13.5. The zero-order chi connectivity index (χ0) is 13.8. The second-order valence-electron chi connectivity index (χ2n) is 4.47. The SMILES string of the molecule is CCOC(=O)N1CCN(C(=O)c2cc(C)co2)CC1. The fraction of sp³-hybridized carbons (Fsp3) is 0.538. The maximum atomic E-state index is 12.1. The Bertz CT molecular complexity index is 461. The molecule has 0 atom stereocenters. The monoisotopic (exact) mass is 266 g/mol. The maximum Gasteiger partial charge on any atom is 0.409 e. The molecule has 2 heterocycles. The van der Waals surface area contributed by atoms with Crippen LogP contribution in [0.2, 0.25) is 0 Å². The Hall–Kier alpha value is -1.98. The second kappa shape index (κ2) is 5.77. The molecule has 1 aromatic rings. The highest BCUT2D eigenvalue weighted by atomic mass is 16.6. The van der Waals surface area contributed by atoms with Gasteiger partial charge in [0.25, 0.3) is 5.91 Å². The highest BCUT2D eigenvalue weighted by Crippen LogP contribution is 2.12.